The van der Waals surface area contributed by atoms with Crippen LogP contribution in [0.15, 0.2) is 0 Å². The molecular formula is C8H12F3NO3. The van der Waals surface area contributed by atoms with Gasteiger partial charge in [0.05, 0.1) is 5.41 Å². The summed E-state index contributed by atoms with van der Waals surface area (Å²) in [6.07, 6.45) is -5.00. The second-order valence-electron chi connectivity index (χ2n) is 3.72. The molecule has 0 rings (SSSR count). The van der Waals surface area contributed by atoms with Crippen molar-refractivity contribution < 1.29 is 27.9 Å². The molecule has 4 nitrogen and oxygen atoms in total. The van der Waals surface area contributed by atoms with E-state index < -0.39 is 29.5 Å². The van der Waals surface area contributed by atoms with Gasteiger partial charge in [0, 0.05) is 6.04 Å². The molecule has 7 heteroatoms. The number of carboxylic acid groups (broad SMARTS) is 1. The molecule has 15 heavy (non-hydrogen) atoms. The summed E-state index contributed by atoms with van der Waals surface area (Å²) in [7, 11) is 0. The Kier molecular flexibility index (Phi) is 3.73. The maximum Gasteiger partial charge on any atom is 0.471 e. The zero-order valence-electron chi connectivity index (χ0n) is 8.47. The predicted molar refractivity (Wildman–Crippen MR) is 45.1 cm³/mol. The smallest absolute Gasteiger partial charge is 0.471 e. The molecule has 0 aromatic carbocycles. The van der Waals surface area contributed by atoms with Gasteiger partial charge in [-0.1, -0.05) is 0 Å². The van der Waals surface area contributed by atoms with Crippen molar-refractivity contribution in [3.63, 3.8) is 0 Å². The quantitative estimate of drug-likeness (QED) is 0.760. The van der Waals surface area contributed by atoms with Gasteiger partial charge in [-0.3, -0.25) is 9.59 Å². The van der Waals surface area contributed by atoms with Crippen molar-refractivity contribution in [3.8, 4) is 0 Å². The van der Waals surface area contributed by atoms with Crippen molar-refractivity contribution in [2.45, 2.75) is 33.0 Å². The Morgan fingerprint density at radius 3 is 1.93 bits per heavy atom. The molecule has 0 bridgehead atoms. The molecule has 0 aliphatic heterocycles. The summed E-state index contributed by atoms with van der Waals surface area (Å²) in [5.74, 6) is -3.42. The van der Waals surface area contributed by atoms with Crippen molar-refractivity contribution in [2.75, 3.05) is 0 Å². The third-order valence-electron chi connectivity index (χ3n) is 2.24. The maximum absolute atomic E-state index is 11.8. The first-order valence-electron chi connectivity index (χ1n) is 4.10. The molecule has 0 aromatic heterocycles. The second kappa shape index (κ2) is 4.08. The number of hydrogen-bond donors (Lipinski definition) is 2. The molecule has 0 radical (unpaired) electrons. The van der Waals surface area contributed by atoms with Gasteiger partial charge in [0.25, 0.3) is 0 Å². The normalized spacial score (nSPS) is 14.5. The average molecular weight is 227 g/mol. The van der Waals surface area contributed by atoms with Gasteiger partial charge >= 0.3 is 18.1 Å². The number of carbonyl (C=O) groups excluding carboxylic acids is 1. The van der Waals surface area contributed by atoms with Crippen LogP contribution in [0.2, 0.25) is 0 Å². The summed E-state index contributed by atoms with van der Waals surface area (Å²) < 4.78 is 35.5. The van der Waals surface area contributed by atoms with Crippen LogP contribution < -0.4 is 5.32 Å². The molecule has 0 spiro atoms. The summed E-state index contributed by atoms with van der Waals surface area (Å²) >= 11 is 0. The van der Waals surface area contributed by atoms with Crippen LogP contribution >= 0.6 is 0 Å². The predicted octanol–water partition coefficient (Wildman–Crippen LogP) is 1.16. The molecule has 1 atom stereocenters. The first-order chi connectivity index (χ1) is 6.49. The summed E-state index contributed by atoms with van der Waals surface area (Å²) in [5, 5.41) is 10.3. The third kappa shape index (κ3) is 3.41. The van der Waals surface area contributed by atoms with Gasteiger partial charge in [0.2, 0.25) is 0 Å². The molecule has 0 aliphatic carbocycles. The van der Waals surface area contributed by atoms with E-state index in [4.69, 9.17) is 5.11 Å². The number of amides is 1. The van der Waals surface area contributed by atoms with Crippen molar-refractivity contribution in [1.82, 2.24) is 5.32 Å². The van der Waals surface area contributed by atoms with Crippen LogP contribution in [0.5, 0.6) is 0 Å². The van der Waals surface area contributed by atoms with Gasteiger partial charge in [0.15, 0.2) is 0 Å². The lowest BCUT2D eigenvalue weighted by Gasteiger charge is -2.28. The minimum atomic E-state index is -5.00. The van der Waals surface area contributed by atoms with Crippen molar-refractivity contribution >= 4 is 11.9 Å². The Labute approximate surface area is 84.5 Å². The number of rotatable bonds is 3. The maximum atomic E-state index is 11.8. The van der Waals surface area contributed by atoms with Crippen LogP contribution in [0.25, 0.3) is 0 Å². The van der Waals surface area contributed by atoms with Gasteiger partial charge in [0.1, 0.15) is 0 Å². The van der Waals surface area contributed by atoms with E-state index in [0.717, 1.165) is 0 Å². The van der Waals surface area contributed by atoms with Crippen molar-refractivity contribution in [3.05, 3.63) is 0 Å². The molecular weight excluding hydrogens is 215 g/mol. The van der Waals surface area contributed by atoms with Crippen LogP contribution in [0, 0.1) is 5.41 Å². The van der Waals surface area contributed by atoms with E-state index in [1.54, 1.807) is 5.32 Å². The van der Waals surface area contributed by atoms with Crippen LogP contribution in [0.4, 0.5) is 13.2 Å². The van der Waals surface area contributed by atoms with E-state index in [9.17, 15) is 22.8 Å². The van der Waals surface area contributed by atoms with E-state index in [1.165, 1.54) is 20.8 Å². The first kappa shape index (κ1) is 13.7. The lowest BCUT2D eigenvalue weighted by atomic mass is 9.85. The topological polar surface area (TPSA) is 66.4 Å². The molecule has 88 valence electrons. The Morgan fingerprint density at radius 2 is 1.67 bits per heavy atom. The largest absolute Gasteiger partial charge is 0.481 e. The number of nitrogens with one attached hydrogen (secondary N) is 1. The number of hydrogen-bond acceptors (Lipinski definition) is 2. The number of halogens is 3. The van der Waals surface area contributed by atoms with Gasteiger partial charge in [-0.25, -0.2) is 0 Å². The summed E-state index contributed by atoms with van der Waals surface area (Å²) in [6, 6.07) is -1.12. The molecule has 2 N–H and O–H groups in total. The summed E-state index contributed by atoms with van der Waals surface area (Å²) in [4.78, 5) is 21.2. The number of alkyl halides is 3. The monoisotopic (exact) mass is 227 g/mol. The Bertz CT molecular complexity index is 273. The summed E-state index contributed by atoms with van der Waals surface area (Å²) in [5.41, 5.74) is -1.46. The highest BCUT2D eigenvalue weighted by molar-refractivity contribution is 5.83. The molecule has 0 aromatic rings. The van der Waals surface area contributed by atoms with Crippen LogP contribution in [-0.2, 0) is 9.59 Å². The number of carbonyl (C=O) groups is 2. The fraction of sp³-hybridized carbons (Fsp3) is 0.750. The minimum Gasteiger partial charge on any atom is -0.481 e. The fourth-order valence-corrected chi connectivity index (χ4v) is 0.644. The van der Waals surface area contributed by atoms with Gasteiger partial charge in [-0.05, 0) is 20.8 Å². The lowest BCUT2D eigenvalue weighted by molar-refractivity contribution is -0.175. The standard InChI is InChI=1S/C8H12F3NO3/c1-4(7(2,3)6(14)15)12-5(13)8(9,10)11/h4H,1-3H3,(H,12,13)(H,14,15). The van der Waals surface area contributed by atoms with E-state index >= 15 is 0 Å². The molecule has 1 unspecified atom stereocenters. The van der Waals surface area contributed by atoms with Crippen LogP contribution in [0.1, 0.15) is 20.8 Å². The Morgan fingerprint density at radius 1 is 1.27 bits per heavy atom. The first-order valence-corrected chi connectivity index (χ1v) is 4.10. The Hall–Kier alpha value is -1.27. The molecule has 1 amide bonds. The zero-order valence-corrected chi connectivity index (χ0v) is 8.47. The number of carboxylic acids is 1. The van der Waals surface area contributed by atoms with E-state index in [-0.39, 0.29) is 0 Å². The van der Waals surface area contributed by atoms with E-state index in [2.05, 4.69) is 0 Å². The third-order valence-corrected chi connectivity index (χ3v) is 2.24. The van der Waals surface area contributed by atoms with Gasteiger partial charge in [-0.2, -0.15) is 13.2 Å². The van der Waals surface area contributed by atoms with E-state index in [1.807, 2.05) is 0 Å². The molecule has 0 saturated carbocycles. The van der Waals surface area contributed by atoms with Gasteiger partial charge < -0.3 is 10.4 Å². The molecule has 0 aliphatic rings. The highest BCUT2D eigenvalue weighted by atomic mass is 19.4. The second-order valence-corrected chi connectivity index (χ2v) is 3.72. The SMILES string of the molecule is CC(NC(=O)C(F)(F)F)C(C)(C)C(=O)O. The minimum absolute atomic E-state index is 1.12. The Balaban J connectivity index is 4.58. The van der Waals surface area contributed by atoms with E-state index in [0.29, 0.717) is 0 Å². The van der Waals surface area contributed by atoms with Crippen molar-refractivity contribution in [2.24, 2.45) is 5.41 Å². The average Bonchev–Trinajstić information content (AvgIpc) is 2.01. The van der Waals surface area contributed by atoms with Gasteiger partial charge in [-0.15, -0.1) is 0 Å². The molecule has 0 fully saturated rings. The number of aliphatic carboxylic acids is 1. The zero-order chi connectivity index (χ0) is 12.4. The van der Waals surface area contributed by atoms with Crippen molar-refractivity contribution in [1.29, 1.82) is 0 Å². The summed E-state index contributed by atoms with van der Waals surface area (Å²) in [6.45, 7) is 3.67. The highest BCUT2D eigenvalue weighted by Gasteiger charge is 2.43. The molecule has 0 heterocycles. The molecule has 0 saturated heterocycles. The fourth-order valence-electron chi connectivity index (χ4n) is 0.644. The lowest BCUT2D eigenvalue weighted by Crippen LogP contribution is -2.50. The van der Waals surface area contributed by atoms with Crippen LogP contribution in [0.3, 0.4) is 0 Å². The van der Waals surface area contributed by atoms with Crippen LogP contribution in [-0.4, -0.2) is 29.2 Å². The highest BCUT2D eigenvalue weighted by Crippen LogP contribution is 2.22.